The topological polar surface area (TPSA) is 67.4 Å². The van der Waals surface area contributed by atoms with Crippen LogP contribution in [0.15, 0.2) is 29.2 Å². The van der Waals surface area contributed by atoms with Gasteiger partial charge in [0.2, 0.25) is 10.0 Å². The van der Waals surface area contributed by atoms with Gasteiger partial charge < -0.3 is 10.1 Å². The van der Waals surface area contributed by atoms with Crippen molar-refractivity contribution in [2.24, 2.45) is 0 Å². The monoisotopic (exact) mass is 298 g/mol. The molecule has 5 nitrogen and oxygen atoms in total. The molecule has 1 aliphatic heterocycles. The molecule has 1 aromatic carbocycles. The van der Waals surface area contributed by atoms with Gasteiger partial charge >= 0.3 is 0 Å². The lowest BCUT2D eigenvalue weighted by Gasteiger charge is -2.17. The molecule has 1 heterocycles. The fraction of sp³-hybridized carbons (Fsp3) is 0.571. The van der Waals surface area contributed by atoms with Gasteiger partial charge in [-0.15, -0.1) is 0 Å². The van der Waals surface area contributed by atoms with Crippen LogP contribution in [0.1, 0.15) is 26.2 Å². The summed E-state index contributed by atoms with van der Waals surface area (Å²) >= 11 is 0. The van der Waals surface area contributed by atoms with Gasteiger partial charge in [-0.1, -0.05) is 6.92 Å². The molecule has 0 radical (unpaired) electrons. The summed E-state index contributed by atoms with van der Waals surface area (Å²) in [7, 11) is -3.36. The summed E-state index contributed by atoms with van der Waals surface area (Å²) in [6, 6.07) is 7.29. The second-order valence-electron chi connectivity index (χ2n) is 4.91. The Morgan fingerprint density at radius 3 is 2.65 bits per heavy atom. The summed E-state index contributed by atoms with van der Waals surface area (Å²) in [5.41, 5.74) is 0.951. The summed E-state index contributed by atoms with van der Waals surface area (Å²) < 4.78 is 31.6. The minimum atomic E-state index is -3.36. The van der Waals surface area contributed by atoms with E-state index in [4.69, 9.17) is 4.74 Å². The Balaban J connectivity index is 2.01. The van der Waals surface area contributed by atoms with E-state index in [1.54, 1.807) is 19.1 Å². The molecule has 2 rings (SSSR count). The fourth-order valence-corrected chi connectivity index (χ4v) is 3.33. The molecule has 1 fully saturated rings. The highest BCUT2D eigenvalue weighted by atomic mass is 32.2. The zero-order chi connectivity index (χ0) is 14.4. The average Bonchev–Trinajstić information content (AvgIpc) is 2.68. The van der Waals surface area contributed by atoms with Crippen molar-refractivity contribution in [2.75, 3.05) is 25.1 Å². The first-order chi connectivity index (χ1) is 9.62. The van der Waals surface area contributed by atoms with Crippen molar-refractivity contribution in [1.82, 2.24) is 4.72 Å². The number of ether oxygens (including phenoxy) is 1. The standard InChI is InChI=1S/C14H22N2O3S/c1-2-15-20(17,18)14-7-5-13(6-8-14)16-12-4-3-10-19-11-9-12/h5-8,12,15-16H,2-4,9-11H2,1H3. The van der Waals surface area contributed by atoms with E-state index in [-0.39, 0.29) is 0 Å². The first kappa shape index (κ1) is 15.3. The van der Waals surface area contributed by atoms with Crippen LogP contribution >= 0.6 is 0 Å². The lowest BCUT2D eigenvalue weighted by Crippen LogP contribution is -2.23. The van der Waals surface area contributed by atoms with Gasteiger partial charge in [-0.3, -0.25) is 0 Å². The number of hydrogen-bond donors (Lipinski definition) is 2. The Kier molecular flexibility index (Phi) is 5.39. The second kappa shape index (κ2) is 7.06. The predicted octanol–water partition coefficient (Wildman–Crippen LogP) is 1.97. The van der Waals surface area contributed by atoms with Crippen molar-refractivity contribution < 1.29 is 13.2 Å². The molecule has 1 saturated heterocycles. The first-order valence-corrected chi connectivity index (χ1v) is 8.54. The van der Waals surface area contributed by atoms with Crippen molar-refractivity contribution in [1.29, 1.82) is 0 Å². The van der Waals surface area contributed by atoms with Gasteiger partial charge in [0.05, 0.1) is 4.90 Å². The summed E-state index contributed by atoms with van der Waals surface area (Å²) in [5.74, 6) is 0. The molecule has 0 saturated carbocycles. The van der Waals surface area contributed by atoms with E-state index in [0.29, 0.717) is 17.5 Å². The molecule has 1 aliphatic rings. The molecule has 1 atom stereocenters. The molecule has 1 unspecified atom stereocenters. The number of sulfonamides is 1. The number of anilines is 1. The number of rotatable bonds is 5. The van der Waals surface area contributed by atoms with Crippen LogP contribution in [0.5, 0.6) is 0 Å². The zero-order valence-corrected chi connectivity index (χ0v) is 12.6. The van der Waals surface area contributed by atoms with Crippen LogP contribution < -0.4 is 10.0 Å². The van der Waals surface area contributed by atoms with E-state index in [9.17, 15) is 8.42 Å². The number of benzene rings is 1. The third-order valence-corrected chi connectivity index (χ3v) is 4.88. The maximum atomic E-state index is 11.8. The highest BCUT2D eigenvalue weighted by Gasteiger charge is 2.14. The molecule has 0 spiro atoms. The minimum Gasteiger partial charge on any atom is -0.382 e. The van der Waals surface area contributed by atoms with Gasteiger partial charge in [-0.2, -0.15) is 0 Å². The third kappa shape index (κ3) is 4.19. The van der Waals surface area contributed by atoms with Crippen molar-refractivity contribution >= 4 is 15.7 Å². The Bertz CT molecular complexity index is 506. The maximum absolute atomic E-state index is 11.8. The van der Waals surface area contributed by atoms with Gasteiger partial charge in [-0.05, 0) is 43.5 Å². The van der Waals surface area contributed by atoms with E-state index in [1.165, 1.54) is 0 Å². The number of hydrogen-bond acceptors (Lipinski definition) is 4. The molecule has 0 amide bonds. The molecule has 0 aliphatic carbocycles. The molecule has 0 aromatic heterocycles. The van der Waals surface area contributed by atoms with E-state index >= 15 is 0 Å². The lowest BCUT2D eigenvalue weighted by atomic mass is 10.1. The molecular formula is C14H22N2O3S. The molecule has 0 bridgehead atoms. The molecule has 2 N–H and O–H groups in total. The minimum absolute atomic E-state index is 0.300. The van der Waals surface area contributed by atoms with Crippen molar-refractivity contribution in [3.05, 3.63) is 24.3 Å². The number of nitrogens with one attached hydrogen (secondary N) is 2. The van der Waals surface area contributed by atoms with Crippen LogP contribution in [0.4, 0.5) is 5.69 Å². The van der Waals surface area contributed by atoms with E-state index in [0.717, 1.165) is 38.2 Å². The van der Waals surface area contributed by atoms with Crippen molar-refractivity contribution in [3.8, 4) is 0 Å². The normalized spacial score (nSPS) is 20.4. The van der Waals surface area contributed by atoms with Crippen LogP contribution in [0.25, 0.3) is 0 Å². The molecule has 6 heteroatoms. The van der Waals surface area contributed by atoms with Crippen LogP contribution in [-0.2, 0) is 14.8 Å². The largest absolute Gasteiger partial charge is 0.382 e. The van der Waals surface area contributed by atoms with Crippen LogP contribution in [0, 0.1) is 0 Å². The van der Waals surface area contributed by atoms with Crippen LogP contribution in [0.2, 0.25) is 0 Å². The Morgan fingerprint density at radius 2 is 1.95 bits per heavy atom. The molecule has 1 aromatic rings. The smallest absolute Gasteiger partial charge is 0.240 e. The molecule has 112 valence electrons. The summed E-state index contributed by atoms with van der Waals surface area (Å²) in [6.07, 6.45) is 3.12. The zero-order valence-electron chi connectivity index (χ0n) is 11.8. The SMILES string of the molecule is CCNS(=O)(=O)c1ccc(NC2CCCOCC2)cc1. The second-order valence-corrected chi connectivity index (χ2v) is 6.68. The summed E-state index contributed by atoms with van der Waals surface area (Å²) in [6.45, 7) is 3.77. The van der Waals surface area contributed by atoms with Crippen LogP contribution in [-0.4, -0.2) is 34.2 Å². The van der Waals surface area contributed by atoms with Crippen molar-refractivity contribution in [2.45, 2.75) is 37.1 Å². The maximum Gasteiger partial charge on any atom is 0.240 e. The van der Waals surface area contributed by atoms with Crippen molar-refractivity contribution in [3.63, 3.8) is 0 Å². The highest BCUT2D eigenvalue weighted by molar-refractivity contribution is 7.89. The Hall–Kier alpha value is -1.11. The third-order valence-electron chi connectivity index (χ3n) is 3.32. The first-order valence-electron chi connectivity index (χ1n) is 7.06. The quantitative estimate of drug-likeness (QED) is 0.872. The molecule has 20 heavy (non-hydrogen) atoms. The van der Waals surface area contributed by atoms with Gasteiger partial charge in [-0.25, -0.2) is 13.1 Å². The summed E-state index contributed by atoms with van der Waals surface area (Å²) in [5, 5.41) is 3.44. The van der Waals surface area contributed by atoms with Gasteiger partial charge in [0, 0.05) is 31.5 Å². The predicted molar refractivity (Wildman–Crippen MR) is 79.4 cm³/mol. The highest BCUT2D eigenvalue weighted by Crippen LogP contribution is 2.18. The Labute approximate surface area is 120 Å². The Morgan fingerprint density at radius 1 is 1.20 bits per heavy atom. The molecular weight excluding hydrogens is 276 g/mol. The summed E-state index contributed by atoms with van der Waals surface area (Å²) in [4.78, 5) is 0.300. The van der Waals surface area contributed by atoms with Gasteiger partial charge in [0.1, 0.15) is 0 Å². The van der Waals surface area contributed by atoms with Crippen LogP contribution in [0.3, 0.4) is 0 Å². The fourth-order valence-electron chi connectivity index (χ4n) is 2.29. The van der Waals surface area contributed by atoms with E-state index < -0.39 is 10.0 Å². The van der Waals surface area contributed by atoms with Gasteiger partial charge in [0.15, 0.2) is 0 Å². The average molecular weight is 298 g/mol. The van der Waals surface area contributed by atoms with Gasteiger partial charge in [0.25, 0.3) is 0 Å². The van der Waals surface area contributed by atoms with E-state index in [2.05, 4.69) is 10.0 Å². The lowest BCUT2D eigenvalue weighted by molar-refractivity contribution is 0.144. The van der Waals surface area contributed by atoms with E-state index in [1.807, 2.05) is 12.1 Å².